The highest BCUT2D eigenvalue weighted by atomic mass is 16.3. The van der Waals surface area contributed by atoms with Crippen LogP contribution in [0.15, 0.2) is 46.0 Å². The molecule has 6 heteroatoms. The third kappa shape index (κ3) is 4.41. The van der Waals surface area contributed by atoms with Crippen LogP contribution >= 0.6 is 0 Å². The summed E-state index contributed by atoms with van der Waals surface area (Å²) in [4.78, 5) is 8.73. The average molecular weight is 301 g/mol. The molecule has 0 bridgehead atoms. The number of guanidine groups is 1. The first kappa shape index (κ1) is 16.2. The molecule has 1 aliphatic heterocycles. The number of nitrogens with zero attached hydrogens (tertiary/aromatic N) is 2. The standard InChI is InChI=1S/C16H23N5O/c1-11(13-5-6-19-15(8-13)9-17)20-16(18)21-14-4-2-3-12(7-14)10-22/h2-4,6-8,11,13,22H,5,9-10,17H2,1H3,(H3,18,20,21). The van der Waals surface area contributed by atoms with Gasteiger partial charge in [-0.2, -0.15) is 0 Å². The SMILES string of the molecule is CC(/N=C(\N)Nc1cccc(CO)c1)C1C=C(CN)N=CC1. The van der Waals surface area contributed by atoms with E-state index >= 15 is 0 Å². The maximum Gasteiger partial charge on any atom is 0.193 e. The lowest BCUT2D eigenvalue weighted by Crippen LogP contribution is -2.27. The Bertz CT molecular complexity index is 594. The highest BCUT2D eigenvalue weighted by Crippen LogP contribution is 2.19. The van der Waals surface area contributed by atoms with Crippen LogP contribution < -0.4 is 16.8 Å². The minimum absolute atomic E-state index is 0.00294. The van der Waals surface area contributed by atoms with Crippen molar-refractivity contribution in [3.8, 4) is 0 Å². The van der Waals surface area contributed by atoms with Crippen molar-refractivity contribution in [2.75, 3.05) is 11.9 Å². The number of hydrogen-bond donors (Lipinski definition) is 4. The molecule has 118 valence electrons. The fourth-order valence-corrected chi connectivity index (χ4v) is 2.35. The van der Waals surface area contributed by atoms with Gasteiger partial charge < -0.3 is 21.9 Å². The van der Waals surface area contributed by atoms with Gasteiger partial charge in [0.05, 0.1) is 12.6 Å². The summed E-state index contributed by atoms with van der Waals surface area (Å²) in [5.41, 5.74) is 14.1. The van der Waals surface area contributed by atoms with E-state index in [1.165, 1.54) is 0 Å². The van der Waals surface area contributed by atoms with Crippen LogP contribution in [0.5, 0.6) is 0 Å². The van der Waals surface area contributed by atoms with E-state index in [2.05, 4.69) is 21.4 Å². The first-order chi connectivity index (χ1) is 10.6. The second-order valence-electron chi connectivity index (χ2n) is 5.31. The lowest BCUT2D eigenvalue weighted by molar-refractivity contribution is 0.282. The molecule has 1 aromatic rings. The van der Waals surface area contributed by atoms with Gasteiger partial charge in [-0.1, -0.05) is 18.2 Å². The van der Waals surface area contributed by atoms with Gasteiger partial charge in [0.15, 0.2) is 5.96 Å². The summed E-state index contributed by atoms with van der Waals surface area (Å²) < 4.78 is 0. The molecule has 6 N–H and O–H groups in total. The molecule has 0 saturated heterocycles. The molecule has 6 nitrogen and oxygen atoms in total. The molecule has 0 aromatic heterocycles. The Morgan fingerprint density at radius 3 is 3.09 bits per heavy atom. The normalized spacial score (nSPS) is 19.7. The van der Waals surface area contributed by atoms with E-state index in [0.717, 1.165) is 23.4 Å². The Balaban J connectivity index is 2.02. The number of aliphatic imine (C=N–C) groups is 2. The van der Waals surface area contributed by atoms with Crippen LogP contribution in [-0.4, -0.2) is 29.9 Å². The molecule has 1 heterocycles. The Hall–Kier alpha value is -2.18. The Morgan fingerprint density at radius 1 is 1.55 bits per heavy atom. The average Bonchev–Trinajstić information content (AvgIpc) is 2.54. The third-order valence-corrected chi connectivity index (χ3v) is 3.59. The molecule has 0 aliphatic carbocycles. The number of aliphatic hydroxyl groups is 1. The van der Waals surface area contributed by atoms with Crippen molar-refractivity contribution in [1.29, 1.82) is 0 Å². The highest BCUT2D eigenvalue weighted by molar-refractivity contribution is 5.92. The molecule has 22 heavy (non-hydrogen) atoms. The fourth-order valence-electron chi connectivity index (χ4n) is 2.35. The molecule has 0 amide bonds. The van der Waals surface area contributed by atoms with Gasteiger partial charge in [0.2, 0.25) is 0 Å². The molecule has 0 fully saturated rings. The molecule has 1 aliphatic rings. The number of aliphatic hydroxyl groups excluding tert-OH is 1. The van der Waals surface area contributed by atoms with Gasteiger partial charge in [-0.3, -0.25) is 4.99 Å². The van der Waals surface area contributed by atoms with Crippen molar-refractivity contribution in [3.63, 3.8) is 0 Å². The third-order valence-electron chi connectivity index (χ3n) is 3.59. The van der Waals surface area contributed by atoms with Gasteiger partial charge >= 0.3 is 0 Å². The molecule has 2 atom stereocenters. The summed E-state index contributed by atoms with van der Waals surface area (Å²) in [6.07, 6.45) is 4.78. The highest BCUT2D eigenvalue weighted by Gasteiger charge is 2.17. The smallest absolute Gasteiger partial charge is 0.193 e. The molecule has 0 radical (unpaired) electrons. The number of anilines is 1. The number of rotatable bonds is 5. The van der Waals surface area contributed by atoms with Crippen molar-refractivity contribution >= 4 is 17.9 Å². The first-order valence-corrected chi connectivity index (χ1v) is 7.35. The Labute approximate surface area is 130 Å². The fraction of sp³-hybridized carbons (Fsp3) is 0.375. The lowest BCUT2D eigenvalue weighted by atomic mass is 9.95. The van der Waals surface area contributed by atoms with Crippen LogP contribution in [0.3, 0.4) is 0 Å². The minimum atomic E-state index is -0.00294. The van der Waals surface area contributed by atoms with E-state index in [1.807, 2.05) is 37.4 Å². The van der Waals surface area contributed by atoms with E-state index in [4.69, 9.17) is 16.6 Å². The van der Waals surface area contributed by atoms with E-state index in [9.17, 15) is 0 Å². The van der Waals surface area contributed by atoms with Crippen LogP contribution in [0.1, 0.15) is 18.9 Å². The van der Waals surface area contributed by atoms with Crippen LogP contribution in [-0.2, 0) is 6.61 Å². The van der Waals surface area contributed by atoms with Gasteiger partial charge in [-0.15, -0.1) is 0 Å². The van der Waals surface area contributed by atoms with Crippen LogP contribution in [0, 0.1) is 5.92 Å². The minimum Gasteiger partial charge on any atom is -0.392 e. The number of nitrogens with one attached hydrogen (secondary N) is 1. The monoisotopic (exact) mass is 301 g/mol. The molecule has 2 rings (SSSR count). The molecule has 0 spiro atoms. The summed E-state index contributed by atoms with van der Waals surface area (Å²) in [6, 6.07) is 7.46. The summed E-state index contributed by atoms with van der Waals surface area (Å²) in [5, 5.41) is 12.2. The van der Waals surface area contributed by atoms with Gasteiger partial charge in [0.1, 0.15) is 0 Å². The zero-order valence-corrected chi connectivity index (χ0v) is 12.7. The van der Waals surface area contributed by atoms with Crippen molar-refractivity contribution in [2.45, 2.75) is 26.0 Å². The topological polar surface area (TPSA) is 109 Å². The molecule has 1 aromatic carbocycles. The summed E-state index contributed by atoms with van der Waals surface area (Å²) in [7, 11) is 0. The second kappa shape index (κ2) is 7.72. The van der Waals surface area contributed by atoms with Gasteiger partial charge in [-0.05, 0) is 31.0 Å². The van der Waals surface area contributed by atoms with Crippen LogP contribution in [0.25, 0.3) is 0 Å². The predicted octanol–water partition coefficient (Wildman–Crippen LogP) is 1.23. The van der Waals surface area contributed by atoms with Gasteiger partial charge in [0.25, 0.3) is 0 Å². The number of nitrogens with two attached hydrogens (primary N) is 2. The second-order valence-corrected chi connectivity index (χ2v) is 5.31. The zero-order valence-electron chi connectivity index (χ0n) is 12.7. The van der Waals surface area contributed by atoms with Gasteiger partial charge in [0, 0.05) is 30.1 Å². The van der Waals surface area contributed by atoms with Gasteiger partial charge in [-0.25, -0.2) is 4.99 Å². The number of benzene rings is 1. The largest absolute Gasteiger partial charge is 0.392 e. The van der Waals surface area contributed by atoms with Crippen LogP contribution in [0.2, 0.25) is 0 Å². The maximum atomic E-state index is 9.14. The predicted molar refractivity (Wildman–Crippen MR) is 90.8 cm³/mol. The quantitative estimate of drug-likeness (QED) is 0.484. The number of hydrogen-bond acceptors (Lipinski definition) is 4. The van der Waals surface area contributed by atoms with Crippen molar-refractivity contribution in [3.05, 3.63) is 41.6 Å². The van der Waals surface area contributed by atoms with Crippen molar-refractivity contribution < 1.29 is 5.11 Å². The molecular formula is C16H23N5O. The van der Waals surface area contributed by atoms with Crippen molar-refractivity contribution in [2.24, 2.45) is 27.4 Å². The molecule has 2 unspecified atom stereocenters. The van der Waals surface area contributed by atoms with E-state index in [0.29, 0.717) is 12.5 Å². The van der Waals surface area contributed by atoms with E-state index < -0.39 is 0 Å². The molecule has 0 saturated carbocycles. The first-order valence-electron chi connectivity index (χ1n) is 7.35. The maximum absolute atomic E-state index is 9.14. The molecular weight excluding hydrogens is 278 g/mol. The summed E-state index contributed by atoms with van der Waals surface area (Å²) >= 11 is 0. The van der Waals surface area contributed by atoms with Crippen LogP contribution in [0.4, 0.5) is 5.69 Å². The van der Waals surface area contributed by atoms with E-state index in [-0.39, 0.29) is 18.6 Å². The lowest BCUT2D eigenvalue weighted by Gasteiger charge is -2.20. The van der Waals surface area contributed by atoms with E-state index in [1.54, 1.807) is 0 Å². The Kier molecular flexibility index (Phi) is 5.68. The summed E-state index contributed by atoms with van der Waals surface area (Å²) in [5.74, 6) is 0.605. The van der Waals surface area contributed by atoms with Crippen molar-refractivity contribution in [1.82, 2.24) is 0 Å². The Morgan fingerprint density at radius 2 is 2.36 bits per heavy atom. The summed E-state index contributed by atoms with van der Waals surface area (Å²) in [6.45, 7) is 2.45. The zero-order chi connectivity index (χ0) is 15.9.